The van der Waals surface area contributed by atoms with Gasteiger partial charge in [-0.1, -0.05) is 19.8 Å². The van der Waals surface area contributed by atoms with Crippen molar-refractivity contribution in [3.8, 4) is 0 Å². The van der Waals surface area contributed by atoms with Crippen LogP contribution in [0.1, 0.15) is 46.5 Å². The van der Waals surface area contributed by atoms with E-state index < -0.39 is 5.60 Å². The number of Topliss-reactive ketones (excluding diaryl/α,β-unsaturated/α-hetero) is 1. The van der Waals surface area contributed by atoms with Gasteiger partial charge in [-0.25, -0.2) is 0 Å². The molecule has 1 aliphatic rings. The van der Waals surface area contributed by atoms with Gasteiger partial charge in [0.05, 0.1) is 0 Å². The van der Waals surface area contributed by atoms with Gasteiger partial charge in [0.2, 0.25) is 0 Å². The zero-order valence-corrected chi connectivity index (χ0v) is 8.84. The topological polar surface area (TPSA) is 37.3 Å². The number of hydrogen-bond donors (Lipinski definition) is 1. The summed E-state index contributed by atoms with van der Waals surface area (Å²) in [7, 11) is 0. The van der Waals surface area contributed by atoms with E-state index in [4.69, 9.17) is 0 Å². The minimum absolute atomic E-state index is 0.0272. The minimum Gasteiger partial charge on any atom is -0.383 e. The molecule has 0 aromatic heterocycles. The van der Waals surface area contributed by atoms with E-state index in [0.717, 1.165) is 31.6 Å². The van der Waals surface area contributed by atoms with Gasteiger partial charge in [-0.15, -0.1) is 0 Å². The molecule has 1 rings (SSSR count). The molecule has 0 amide bonds. The van der Waals surface area contributed by atoms with Crippen molar-refractivity contribution in [2.24, 2.45) is 11.8 Å². The van der Waals surface area contributed by atoms with Crippen LogP contribution in [0.5, 0.6) is 0 Å². The highest BCUT2D eigenvalue weighted by Gasteiger charge is 2.33. The van der Waals surface area contributed by atoms with Gasteiger partial charge in [0, 0.05) is 5.92 Å². The quantitative estimate of drug-likeness (QED) is 0.714. The normalized spacial score (nSPS) is 30.2. The molecule has 2 nitrogen and oxygen atoms in total. The predicted octanol–water partition coefficient (Wildman–Crippen LogP) is 2.15. The first-order valence-electron chi connectivity index (χ1n) is 5.18. The van der Waals surface area contributed by atoms with Gasteiger partial charge < -0.3 is 5.11 Å². The summed E-state index contributed by atoms with van der Waals surface area (Å²) < 4.78 is 0. The van der Waals surface area contributed by atoms with E-state index in [1.54, 1.807) is 13.8 Å². The number of carbonyl (C=O) groups excluding carboxylic acids is 1. The van der Waals surface area contributed by atoms with Crippen molar-refractivity contribution in [1.82, 2.24) is 0 Å². The third kappa shape index (κ3) is 2.80. The Hall–Kier alpha value is -0.370. The van der Waals surface area contributed by atoms with Crippen LogP contribution < -0.4 is 0 Å². The van der Waals surface area contributed by atoms with E-state index in [9.17, 15) is 9.90 Å². The summed E-state index contributed by atoms with van der Waals surface area (Å²) in [6.45, 7) is 5.41. The van der Waals surface area contributed by atoms with E-state index in [1.807, 2.05) is 0 Å². The lowest BCUT2D eigenvalue weighted by Crippen LogP contribution is -2.38. The van der Waals surface area contributed by atoms with Crippen LogP contribution in [0.15, 0.2) is 0 Å². The number of hydrogen-bond acceptors (Lipinski definition) is 2. The van der Waals surface area contributed by atoms with Crippen LogP contribution in [-0.2, 0) is 4.79 Å². The van der Waals surface area contributed by atoms with Gasteiger partial charge in [0.1, 0.15) is 5.60 Å². The average Bonchev–Trinajstić information content (AvgIpc) is 2.03. The number of ketones is 1. The van der Waals surface area contributed by atoms with Crippen LogP contribution in [0.4, 0.5) is 0 Å². The fourth-order valence-electron chi connectivity index (χ4n) is 2.02. The standard InChI is InChI=1S/C11H20O2/c1-8-4-6-9(7-5-8)10(12)11(2,3)13/h8-9,13H,4-7H2,1-3H3. The Morgan fingerprint density at radius 1 is 1.23 bits per heavy atom. The molecule has 2 heteroatoms. The fraction of sp³-hybridized carbons (Fsp3) is 0.909. The molecule has 1 saturated carbocycles. The minimum atomic E-state index is -1.13. The molecule has 0 aromatic carbocycles. The first-order chi connectivity index (χ1) is 5.91. The van der Waals surface area contributed by atoms with Crippen LogP contribution in [0.25, 0.3) is 0 Å². The lowest BCUT2D eigenvalue weighted by molar-refractivity contribution is -0.139. The van der Waals surface area contributed by atoms with E-state index in [0.29, 0.717) is 0 Å². The molecule has 0 spiro atoms. The molecule has 0 atom stereocenters. The van der Waals surface area contributed by atoms with Crippen LogP contribution in [0.2, 0.25) is 0 Å². The summed E-state index contributed by atoms with van der Waals surface area (Å²) in [6.07, 6.45) is 4.19. The second-order valence-electron chi connectivity index (χ2n) is 4.88. The molecule has 76 valence electrons. The van der Waals surface area contributed by atoms with Gasteiger partial charge in [-0.3, -0.25) is 4.79 Å². The molecule has 0 heterocycles. The first-order valence-corrected chi connectivity index (χ1v) is 5.18. The Bertz CT molecular complexity index is 183. The Morgan fingerprint density at radius 2 is 1.69 bits per heavy atom. The molecule has 1 fully saturated rings. The second kappa shape index (κ2) is 3.79. The molecule has 1 aliphatic carbocycles. The SMILES string of the molecule is CC1CCC(C(=O)C(C)(C)O)CC1. The van der Waals surface area contributed by atoms with Crippen LogP contribution in [0, 0.1) is 11.8 Å². The van der Waals surface area contributed by atoms with E-state index in [2.05, 4.69) is 6.92 Å². The third-order valence-electron chi connectivity index (χ3n) is 2.99. The molecule has 13 heavy (non-hydrogen) atoms. The second-order valence-corrected chi connectivity index (χ2v) is 4.88. The highest BCUT2D eigenvalue weighted by atomic mass is 16.3. The Morgan fingerprint density at radius 3 is 2.08 bits per heavy atom. The van der Waals surface area contributed by atoms with Crippen molar-refractivity contribution in [3.05, 3.63) is 0 Å². The van der Waals surface area contributed by atoms with Crippen molar-refractivity contribution in [3.63, 3.8) is 0 Å². The molecular formula is C11H20O2. The maximum atomic E-state index is 11.7. The van der Waals surface area contributed by atoms with Crippen molar-refractivity contribution in [1.29, 1.82) is 0 Å². The van der Waals surface area contributed by atoms with Gasteiger partial charge in [0.25, 0.3) is 0 Å². The molecule has 0 saturated heterocycles. The number of carbonyl (C=O) groups is 1. The lowest BCUT2D eigenvalue weighted by Gasteiger charge is -2.29. The van der Waals surface area contributed by atoms with E-state index in [1.165, 1.54) is 0 Å². The Balaban J connectivity index is 2.50. The molecule has 0 radical (unpaired) electrons. The molecule has 0 aliphatic heterocycles. The lowest BCUT2D eigenvalue weighted by atomic mass is 9.77. The molecule has 1 N–H and O–H groups in total. The van der Waals surface area contributed by atoms with Crippen molar-refractivity contribution in [2.75, 3.05) is 0 Å². The van der Waals surface area contributed by atoms with Crippen molar-refractivity contribution in [2.45, 2.75) is 52.1 Å². The van der Waals surface area contributed by atoms with Gasteiger partial charge in [0.15, 0.2) is 5.78 Å². The van der Waals surface area contributed by atoms with E-state index >= 15 is 0 Å². The zero-order chi connectivity index (χ0) is 10.1. The van der Waals surface area contributed by atoms with Gasteiger partial charge >= 0.3 is 0 Å². The molecule has 0 bridgehead atoms. The van der Waals surface area contributed by atoms with Crippen LogP contribution in [0.3, 0.4) is 0 Å². The summed E-state index contributed by atoms with van der Waals surface area (Å²) in [5.74, 6) is 0.890. The van der Waals surface area contributed by atoms with Crippen molar-refractivity contribution < 1.29 is 9.90 Å². The van der Waals surface area contributed by atoms with Crippen LogP contribution >= 0.6 is 0 Å². The summed E-state index contributed by atoms with van der Waals surface area (Å²) in [6, 6.07) is 0. The molecule has 0 unspecified atom stereocenters. The molecule has 0 aromatic rings. The average molecular weight is 184 g/mol. The predicted molar refractivity (Wildman–Crippen MR) is 52.4 cm³/mol. The highest BCUT2D eigenvalue weighted by Crippen LogP contribution is 2.31. The fourth-order valence-corrected chi connectivity index (χ4v) is 2.02. The summed E-state index contributed by atoms with van der Waals surface area (Å²) in [5.41, 5.74) is -1.13. The summed E-state index contributed by atoms with van der Waals surface area (Å²) in [5, 5.41) is 9.55. The first kappa shape index (κ1) is 10.7. The molecular weight excluding hydrogens is 164 g/mol. The largest absolute Gasteiger partial charge is 0.383 e. The Labute approximate surface area is 80.3 Å². The summed E-state index contributed by atoms with van der Waals surface area (Å²) in [4.78, 5) is 11.7. The highest BCUT2D eigenvalue weighted by molar-refractivity contribution is 5.88. The third-order valence-corrected chi connectivity index (χ3v) is 2.99. The maximum Gasteiger partial charge on any atom is 0.166 e. The van der Waals surface area contributed by atoms with E-state index in [-0.39, 0.29) is 11.7 Å². The van der Waals surface area contributed by atoms with Gasteiger partial charge in [-0.05, 0) is 32.6 Å². The Kier molecular flexibility index (Phi) is 3.12. The summed E-state index contributed by atoms with van der Waals surface area (Å²) >= 11 is 0. The smallest absolute Gasteiger partial charge is 0.166 e. The van der Waals surface area contributed by atoms with Crippen molar-refractivity contribution >= 4 is 5.78 Å². The number of rotatable bonds is 2. The zero-order valence-electron chi connectivity index (χ0n) is 8.84. The number of aliphatic hydroxyl groups is 1. The maximum absolute atomic E-state index is 11.7. The monoisotopic (exact) mass is 184 g/mol. The van der Waals surface area contributed by atoms with Crippen LogP contribution in [-0.4, -0.2) is 16.5 Å². The van der Waals surface area contributed by atoms with Gasteiger partial charge in [-0.2, -0.15) is 0 Å².